The molecule has 1 aromatic carbocycles. The molecule has 1 fully saturated rings. The van der Waals surface area contributed by atoms with Crippen molar-refractivity contribution in [3.05, 3.63) is 40.9 Å². The highest BCUT2D eigenvalue weighted by atomic mass is 16.5. The van der Waals surface area contributed by atoms with Crippen molar-refractivity contribution >= 4 is 22.6 Å². The lowest BCUT2D eigenvalue weighted by Crippen LogP contribution is -2.54. The summed E-state index contributed by atoms with van der Waals surface area (Å²) in [6, 6.07) is 5.91. The van der Waals surface area contributed by atoms with E-state index in [4.69, 9.17) is 9.26 Å². The quantitative estimate of drug-likeness (QED) is 0.562. The van der Waals surface area contributed by atoms with E-state index in [9.17, 15) is 9.90 Å². The van der Waals surface area contributed by atoms with Gasteiger partial charge in [-0.15, -0.1) is 0 Å². The molecule has 3 aromatic rings. The molecule has 5 rings (SSSR count). The zero-order valence-electron chi connectivity index (χ0n) is 19.6. The molecule has 0 bridgehead atoms. The molecule has 176 valence electrons. The summed E-state index contributed by atoms with van der Waals surface area (Å²) in [5.41, 5.74) is 4.60. The van der Waals surface area contributed by atoms with Crippen molar-refractivity contribution in [3.8, 4) is 5.75 Å². The topological polar surface area (TPSA) is 107 Å². The monoisotopic (exact) mass is 453 g/mol. The standard InChI is InChI=1S/C24H31N5O4/c1-14-21(15(2)33-27-14)26-23(31)29-9-7-24(8-10-29)13-28(3)19(12-30)22-20(24)17-6-5-16(32-4)11-18(17)25-22/h5-6,11,19,25,30H,7-10,12-13H2,1-4H3,(H,26,31)/t19-/m0/s1. The number of hydrogen-bond donors (Lipinski definition) is 3. The van der Waals surface area contributed by atoms with Crippen molar-refractivity contribution in [1.82, 2.24) is 19.9 Å². The maximum Gasteiger partial charge on any atom is 0.321 e. The van der Waals surface area contributed by atoms with Gasteiger partial charge in [0.25, 0.3) is 0 Å². The van der Waals surface area contributed by atoms with Gasteiger partial charge >= 0.3 is 6.03 Å². The summed E-state index contributed by atoms with van der Waals surface area (Å²) in [4.78, 5) is 20.6. The first-order valence-corrected chi connectivity index (χ1v) is 11.4. The van der Waals surface area contributed by atoms with Crippen LogP contribution in [0.25, 0.3) is 10.9 Å². The van der Waals surface area contributed by atoms with Gasteiger partial charge in [0.2, 0.25) is 0 Å². The number of nitrogens with zero attached hydrogens (tertiary/aromatic N) is 3. The molecular weight excluding hydrogens is 422 g/mol. The van der Waals surface area contributed by atoms with Gasteiger partial charge in [0.1, 0.15) is 17.1 Å². The number of hydrogen-bond acceptors (Lipinski definition) is 6. The molecule has 1 saturated heterocycles. The van der Waals surface area contributed by atoms with Gasteiger partial charge in [-0.25, -0.2) is 4.79 Å². The smallest absolute Gasteiger partial charge is 0.321 e. The second kappa shape index (κ2) is 8.07. The largest absolute Gasteiger partial charge is 0.497 e. The zero-order valence-corrected chi connectivity index (χ0v) is 19.6. The summed E-state index contributed by atoms with van der Waals surface area (Å²) in [6.45, 7) is 5.80. The molecule has 2 aliphatic rings. The van der Waals surface area contributed by atoms with Gasteiger partial charge in [-0.3, -0.25) is 4.90 Å². The number of carbonyl (C=O) groups excluding carboxylic acids is 1. The average molecular weight is 454 g/mol. The lowest BCUT2D eigenvalue weighted by Gasteiger charge is -2.49. The predicted octanol–water partition coefficient (Wildman–Crippen LogP) is 3.33. The van der Waals surface area contributed by atoms with E-state index in [0.717, 1.165) is 36.3 Å². The first kappa shape index (κ1) is 21.8. The second-order valence-corrected chi connectivity index (χ2v) is 9.34. The number of aliphatic hydroxyl groups is 1. The SMILES string of the molecule is COc1ccc2c3c([nH]c2c1)[C@H](CO)N(C)CC31CCN(C(=O)Nc2c(C)noc2C)CC1. The van der Waals surface area contributed by atoms with Gasteiger partial charge in [-0.1, -0.05) is 5.16 Å². The number of amides is 2. The van der Waals surface area contributed by atoms with Crippen LogP contribution in [0.4, 0.5) is 10.5 Å². The van der Waals surface area contributed by atoms with E-state index in [-0.39, 0.29) is 24.1 Å². The molecule has 0 radical (unpaired) electrons. The number of aliphatic hydroxyl groups excluding tert-OH is 1. The number of anilines is 1. The van der Waals surface area contributed by atoms with Gasteiger partial charge in [0, 0.05) is 47.7 Å². The van der Waals surface area contributed by atoms with E-state index in [2.05, 4.69) is 33.5 Å². The Hall–Kier alpha value is -3.04. The number of urea groups is 1. The fraction of sp³-hybridized carbons (Fsp3) is 0.500. The number of nitrogens with one attached hydrogen (secondary N) is 2. The molecule has 0 unspecified atom stereocenters. The van der Waals surface area contributed by atoms with Gasteiger partial charge in [-0.2, -0.15) is 0 Å². The van der Waals surface area contributed by atoms with Crippen LogP contribution in [0.1, 0.15) is 41.6 Å². The fourth-order valence-corrected chi connectivity index (χ4v) is 5.66. The number of aromatic amines is 1. The molecule has 0 saturated carbocycles. The molecular formula is C24H31N5O4. The van der Waals surface area contributed by atoms with Crippen LogP contribution in [-0.4, -0.2) is 71.5 Å². The Morgan fingerprint density at radius 3 is 2.76 bits per heavy atom. The van der Waals surface area contributed by atoms with Crippen LogP contribution in [0.2, 0.25) is 0 Å². The van der Waals surface area contributed by atoms with Gasteiger partial charge in [-0.05, 0) is 51.4 Å². The lowest BCUT2D eigenvalue weighted by atomic mass is 9.68. The lowest BCUT2D eigenvalue weighted by molar-refractivity contribution is 0.0737. The molecule has 9 nitrogen and oxygen atoms in total. The predicted molar refractivity (Wildman–Crippen MR) is 125 cm³/mol. The molecule has 4 heterocycles. The molecule has 3 N–H and O–H groups in total. The maximum atomic E-state index is 13.0. The highest BCUT2D eigenvalue weighted by Gasteiger charge is 2.46. The van der Waals surface area contributed by atoms with Crippen molar-refractivity contribution in [3.63, 3.8) is 0 Å². The molecule has 33 heavy (non-hydrogen) atoms. The van der Waals surface area contributed by atoms with E-state index in [1.165, 1.54) is 10.9 Å². The van der Waals surface area contributed by atoms with Crippen molar-refractivity contribution in [2.75, 3.05) is 45.7 Å². The summed E-state index contributed by atoms with van der Waals surface area (Å²) in [5.74, 6) is 1.41. The molecule has 9 heteroatoms. The normalized spacial score (nSPS) is 20.3. The van der Waals surface area contributed by atoms with Crippen molar-refractivity contribution < 1.29 is 19.2 Å². The minimum Gasteiger partial charge on any atom is -0.497 e. The zero-order chi connectivity index (χ0) is 23.3. The number of ether oxygens (including phenoxy) is 1. The highest BCUT2D eigenvalue weighted by molar-refractivity contribution is 5.91. The van der Waals surface area contributed by atoms with Gasteiger partial charge < -0.3 is 29.6 Å². The van der Waals surface area contributed by atoms with Crippen LogP contribution < -0.4 is 10.1 Å². The number of benzene rings is 1. The summed E-state index contributed by atoms with van der Waals surface area (Å²) in [7, 11) is 3.73. The Bertz CT molecular complexity index is 1170. The number of rotatable bonds is 3. The third kappa shape index (κ3) is 3.46. The molecule has 2 aliphatic heterocycles. The van der Waals surface area contributed by atoms with Crippen molar-refractivity contribution in [1.29, 1.82) is 0 Å². The van der Waals surface area contributed by atoms with E-state index in [1.54, 1.807) is 14.0 Å². The molecule has 0 aliphatic carbocycles. The molecule has 2 amide bonds. The third-order valence-corrected chi connectivity index (χ3v) is 7.43. The highest BCUT2D eigenvalue weighted by Crippen LogP contribution is 2.48. The molecule has 2 aromatic heterocycles. The number of carbonyl (C=O) groups is 1. The number of H-pyrrole nitrogens is 1. The number of piperidine rings is 1. The Morgan fingerprint density at radius 2 is 2.12 bits per heavy atom. The van der Waals surface area contributed by atoms with Crippen LogP contribution in [0.3, 0.4) is 0 Å². The van der Waals surface area contributed by atoms with Crippen LogP contribution in [-0.2, 0) is 5.41 Å². The van der Waals surface area contributed by atoms with Crippen LogP contribution >= 0.6 is 0 Å². The Balaban J connectivity index is 1.44. The number of likely N-dealkylation sites (N-methyl/N-ethyl adjacent to an activating group) is 1. The van der Waals surface area contributed by atoms with E-state index in [0.29, 0.717) is 30.2 Å². The number of likely N-dealkylation sites (tertiary alicyclic amines) is 1. The third-order valence-electron chi connectivity index (χ3n) is 7.43. The number of fused-ring (bicyclic) bond motifs is 4. The first-order valence-electron chi connectivity index (χ1n) is 11.4. The average Bonchev–Trinajstić information content (AvgIpc) is 3.34. The minimum atomic E-state index is -0.125. The van der Waals surface area contributed by atoms with E-state index in [1.807, 2.05) is 24.0 Å². The summed E-state index contributed by atoms with van der Waals surface area (Å²) in [6.07, 6.45) is 1.69. The second-order valence-electron chi connectivity index (χ2n) is 9.34. The van der Waals surface area contributed by atoms with Crippen molar-refractivity contribution in [2.45, 2.75) is 38.1 Å². The molecule has 1 atom stereocenters. The number of methoxy groups -OCH3 is 1. The Labute approximate surface area is 192 Å². The summed E-state index contributed by atoms with van der Waals surface area (Å²) >= 11 is 0. The summed E-state index contributed by atoms with van der Waals surface area (Å²) in [5, 5.41) is 18.2. The van der Waals surface area contributed by atoms with E-state index < -0.39 is 0 Å². The van der Waals surface area contributed by atoms with Gasteiger partial charge in [0.15, 0.2) is 5.76 Å². The van der Waals surface area contributed by atoms with E-state index >= 15 is 0 Å². The Morgan fingerprint density at radius 1 is 1.36 bits per heavy atom. The first-order chi connectivity index (χ1) is 15.9. The fourth-order valence-electron chi connectivity index (χ4n) is 5.66. The van der Waals surface area contributed by atoms with Crippen LogP contribution in [0.5, 0.6) is 5.75 Å². The molecule has 1 spiro atoms. The van der Waals surface area contributed by atoms with Crippen LogP contribution in [0, 0.1) is 13.8 Å². The van der Waals surface area contributed by atoms with Gasteiger partial charge in [0.05, 0.1) is 19.8 Å². The Kier molecular flexibility index (Phi) is 5.33. The minimum absolute atomic E-state index is 0.0511. The summed E-state index contributed by atoms with van der Waals surface area (Å²) < 4.78 is 10.6. The van der Waals surface area contributed by atoms with Crippen molar-refractivity contribution in [2.24, 2.45) is 0 Å². The number of aryl methyl sites for hydroxylation is 2. The van der Waals surface area contributed by atoms with Crippen LogP contribution in [0.15, 0.2) is 22.7 Å². The maximum absolute atomic E-state index is 13.0. The number of aromatic nitrogens is 2.